The fraction of sp³-hybridized carbons (Fsp3) is 0.571. The molecule has 1 rings (SSSR count). The summed E-state index contributed by atoms with van der Waals surface area (Å²) in [6.45, 7) is 2.50. The molecule has 0 saturated carbocycles. The summed E-state index contributed by atoms with van der Waals surface area (Å²) >= 11 is 0. The van der Waals surface area contributed by atoms with E-state index in [1.807, 2.05) is 6.08 Å². The van der Waals surface area contributed by atoms with E-state index in [1.54, 1.807) is 0 Å². The molecule has 4 nitrogen and oxygen atoms in total. The first kappa shape index (κ1) is 7.91. The maximum absolute atomic E-state index is 10.8. The van der Waals surface area contributed by atoms with E-state index in [1.165, 1.54) is 11.9 Å². The first-order valence-corrected chi connectivity index (χ1v) is 3.52. The molecule has 1 aliphatic rings. The van der Waals surface area contributed by atoms with Gasteiger partial charge >= 0.3 is 0 Å². The quantitative estimate of drug-likeness (QED) is 0.555. The van der Waals surface area contributed by atoms with Crippen molar-refractivity contribution in [3.63, 3.8) is 0 Å². The summed E-state index contributed by atoms with van der Waals surface area (Å²) in [5.41, 5.74) is 0.691. The van der Waals surface area contributed by atoms with Gasteiger partial charge in [0, 0.05) is 12.1 Å². The largest absolute Gasteiger partial charge is 0.295 e. The molecule has 4 heteroatoms. The number of hydrogen-bond donors (Lipinski definition) is 0. The van der Waals surface area contributed by atoms with E-state index < -0.39 is 0 Å². The van der Waals surface area contributed by atoms with Gasteiger partial charge in [0.2, 0.25) is 0 Å². The molecule has 0 aromatic carbocycles. The van der Waals surface area contributed by atoms with Gasteiger partial charge in [-0.3, -0.25) is 9.80 Å². The minimum absolute atomic E-state index is 0.0263. The molecule has 0 aromatic heterocycles. The van der Waals surface area contributed by atoms with Crippen LogP contribution in [-0.4, -0.2) is 23.9 Å². The Hall–Kier alpha value is -1.19. The van der Waals surface area contributed by atoms with Gasteiger partial charge in [-0.15, -0.1) is 4.91 Å². The van der Waals surface area contributed by atoms with E-state index in [-0.39, 0.29) is 5.78 Å². The van der Waals surface area contributed by atoms with Gasteiger partial charge in [-0.1, -0.05) is 6.08 Å². The highest BCUT2D eigenvalue weighted by Crippen LogP contribution is 2.09. The first-order valence-electron chi connectivity index (χ1n) is 3.52. The summed E-state index contributed by atoms with van der Waals surface area (Å²) in [6.07, 6.45) is 2.60. The van der Waals surface area contributed by atoms with Crippen LogP contribution in [0.25, 0.3) is 0 Å². The van der Waals surface area contributed by atoms with Crippen molar-refractivity contribution >= 4 is 5.78 Å². The first-order chi connectivity index (χ1) is 5.24. The third-order valence-electron chi connectivity index (χ3n) is 1.70. The Kier molecular flexibility index (Phi) is 2.36. The number of rotatable bonds is 2. The third kappa shape index (κ3) is 1.86. The molecule has 0 fully saturated rings. The molecule has 0 atom stereocenters. The number of ketones is 1. The lowest BCUT2D eigenvalue weighted by Gasteiger charge is -2.19. The molecule has 1 aliphatic heterocycles. The Morgan fingerprint density at radius 3 is 3.00 bits per heavy atom. The molecule has 11 heavy (non-hydrogen) atoms. The molecule has 0 N–H and O–H groups in total. The van der Waals surface area contributed by atoms with Gasteiger partial charge in [-0.05, 0) is 13.3 Å². The Balaban J connectivity index is 2.62. The van der Waals surface area contributed by atoms with Crippen molar-refractivity contribution in [1.82, 2.24) is 5.01 Å². The summed E-state index contributed by atoms with van der Waals surface area (Å²) in [4.78, 5) is 20.9. The molecule has 0 saturated heterocycles. The summed E-state index contributed by atoms with van der Waals surface area (Å²) in [5.74, 6) is 0.0263. The van der Waals surface area contributed by atoms with E-state index in [0.717, 1.165) is 6.42 Å². The molecule has 0 spiro atoms. The van der Waals surface area contributed by atoms with Crippen molar-refractivity contribution in [3.05, 3.63) is 16.6 Å². The standard InChI is InChI=1S/C7H10N2O2/c1-6(10)7-3-2-4-9(5-7)8-11/h3H,2,4-5H2,1H3. The van der Waals surface area contributed by atoms with Crippen molar-refractivity contribution in [3.8, 4) is 0 Å². The van der Waals surface area contributed by atoms with Crippen LogP contribution in [-0.2, 0) is 4.79 Å². The van der Waals surface area contributed by atoms with Crippen molar-refractivity contribution in [2.24, 2.45) is 5.29 Å². The lowest BCUT2D eigenvalue weighted by Crippen LogP contribution is -2.26. The fourth-order valence-electron chi connectivity index (χ4n) is 1.05. The van der Waals surface area contributed by atoms with Gasteiger partial charge < -0.3 is 0 Å². The Labute approximate surface area is 64.8 Å². The maximum Gasteiger partial charge on any atom is 0.157 e. The predicted octanol–water partition coefficient (Wildman–Crippen LogP) is 0.889. The number of Topliss-reactive ketones (excluding diaryl/α,β-unsaturated/α-hetero) is 1. The van der Waals surface area contributed by atoms with Crippen LogP contribution in [0.15, 0.2) is 16.9 Å². The smallest absolute Gasteiger partial charge is 0.157 e. The van der Waals surface area contributed by atoms with Crippen molar-refractivity contribution in [2.45, 2.75) is 13.3 Å². The van der Waals surface area contributed by atoms with Crippen LogP contribution < -0.4 is 0 Å². The second-order valence-corrected chi connectivity index (χ2v) is 2.54. The molecule has 0 unspecified atom stereocenters. The van der Waals surface area contributed by atoms with Crippen LogP contribution >= 0.6 is 0 Å². The van der Waals surface area contributed by atoms with E-state index in [9.17, 15) is 9.70 Å². The molecular formula is C7H10N2O2. The highest BCUT2D eigenvalue weighted by Gasteiger charge is 2.13. The highest BCUT2D eigenvalue weighted by atomic mass is 16.3. The van der Waals surface area contributed by atoms with E-state index >= 15 is 0 Å². The zero-order valence-corrected chi connectivity index (χ0v) is 6.41. The Morgan fingerprint density at radius 1 is 1.73 bits per heavy atom. The number of nitroso groups, excluding NO2 is 1. The minimum atomic E-state index is 0.0263. The molecular weight excluding hydrogens is 144 g/mol. The second kappa shape index (κ2) is 3.27. The lowest BCUT2D eigenvalue weighted by atomic mass is 10.1. The molecule has 1 heterocycles. The highest BCUT2D eigenvalue weighted by molar-refractivity contribution is 5.93. The third-order valence-corrected chi connectivity index (χ3v) is 1.70. The van der Waals surface area contributed by atoms with Gasteiger partial charge in [0.05, 0.1) is 11.8 Å². The topological polar surface area (TPSA) is 49.7 Å². The van der Waals surface area contributed by atoms with Crippen molar-refractivity contribution in [2.75, 3.05) is 13.1 Å². The lowest BCUT2D eigenvalue weighted by molar-refractivity contribution is -0.114. The maximum atomic E-state index is 10.8. The summed E-state index contributed by atoms with van der Waals surface area (Å²) < 4.78 is 0. The monoisotopic (exact) mass is 154 g/mol. The molecule has 0 radical (unpaired) electrons. The average Bonchev–Trinajstić information content (AvgIpc) is 2.05. The van der Waals surface area contributed by atoms with E-state index in [2.05, 4.69) is 5.29 Å². The number of hydrogen-bond acceptors (Lipinski definition) is 3. The zero-order chi connectivity index (χ0) is 8.27. The number of carbonyl (C=O) groups excluding carboxylic acids is 1. The molecule has 0 aromatic rings. The van der Waals surface area contributed by atoms with Crippen LogP contribution in [0, 0.1) is 4.91 Å². The average molecular weight is 154 g/mol. The van der Waals surface area contributed by atoms with Crippen LogP contribution in [0.1, 0.15) is 13.3 Å². The van der Waals surface area contributed by atoms with Crippen LogP contribution in [0.5, 0.6) is 0 Å². The second-order valence-electron chi connectivity index (χ2n) is 2.54. The van der Waals surface area contributed by atoms with Crippen LogP contribution in [0.4, 0.5) is 0 Å². The SMILES string of the molecule is CC(=O)C1=CCCN(N=O)C1. The van der Waals surface area contributed by atoms with Gasteiger partial charge in [0.25, 0.3) is 0 Å². The van der Waals surface area contributed by atoms with Gasteiger partial charge in [0.15, 0.2) is 5.78 Å². The Bertz CT molecular complexity index is 210. The van der Waals surface area contributed by atoms with Crippen LogP contribution in [0.3, 0.4) is 0 Å². The number of nitrogens with zero attached hydrogens (tertiary/aromatic N) is 2. The Morgan fingerprint density at radius 2 is 2.45 bits per heavy atom. The fourth-order valence-corrected chi connectivity index (χ4v) is 1.05. The molecule has 0 bridgehead atoms. The van der Waals surface area contributed by atoms with Crippen LogP contribution in [0.2, 0.25) is 0 Å². The molecule has 0 aliphatic carbocycles. The molecule has 0 amide bonds. The van der Waals surface area contributed by atoms with Gasteiger partial charge in [-0.25, -0.2) is 0 Å². The van der Waals surface area contributed by atoms with Gasteiger partial charge in [0.1, 0.15) is 0 Å². The minimum Gasteiger partial charge on any atom is -0.295 e. The zero-order valence-electron chi connectivity index (χ0n) is 6.41. The van der Waals surface area contributed by atoms with Gasteiger partial charge in [-0.2, -0.15) is 0 Å². The van der Waals surface area contributed by atoms with E-state index in [0.29, 0.717) is 18.7 Å². The summed E-state index contributed by atoms with van der Waals surface area (Å²) in [7, 11) is 0. The summed E-state index contributed by atoms with van der Waals surface area (Å²) in [6, 6.07) is 0. The molecule has 60 valence electrons. The van der Waals surface area contributed by atoms with Crippen molar-refractivity contribution in [1.29, 1.82) is 0 Å². The normalized spacial score (nSPS) is 17.5. The van der Waals surface area contributed by atoms with E-state index in [4.69, 9.17) is 0 Å². The summed E-state index contributed by atoms with van der Waals surface area (Å²) in [5, 5.41) is 4.13. The van der Waals surface area contributed by atoms with Crippen molar-refractivity contribution < 1.29 is 4.79 Å². The predicted molar refractivity (Wildman–Crippen MR) is 40.7 cm³/mol. The number of carbonyl (C=O) groups is 1.